The molecule has 4 rings (SSSR count). The second-order valence-electron chi connectivity index (χ2n) is 8.77. The molecule has 1 atom stereocenters. The van der Waals surface area contributed by atoms with E-state index < -0.39 is 12.1 Å². The number of aliphatic carboxylic acids is 1. The Morgan fingerprint density at radius 1 is 1.32 bits per heavy atom. The van der Waals surface area contributed by atoms with Gasteiger partial charge in [0.2, 0.25) is 0 Å². The molecule has 0 radical (unpaired) electrons. The standard InChI is InChI=1S/C26H31FO4/c1-4-5-12-31-25(26(28)29)22-15(2)8-11-19(17-9-10-17)23(22)20-14-21(27)24-18(16(20)3)7-6-13-30-24/h8,11,14,17,25H,4-7,9-10,12-13H2,1-3H3,(H,28,29). The van der Waals surface area contributed by atoms with Crippen molar-refractivity contribution in [1.29, 1.82) is 0 Å². The van der Waals surface area contributed by atoms with E-state index in [4.69, 9.17) is 9.47 Å². The van der Waals surface area contributed by atoms with E-state index in [0.29, 0.717) is 30.4 Å². The van der Waals surface area contributed by atoms with Gasteiger partial charge in [0.15, 0.2) is 17.7 Å². The minimum absolute atomic E-state index is 0.351. The summed E-state index contributed by atoms with van der Waals surface area (Å²) >= 11 is 0. The van der Waals surface area contributed by atoms with Crippen LogP contribution in [0.25, 0.3) is 11.1 Å². The average Bonchev–Trinajstić information content (AvgIpc) is 3.59. The van der Waals surface area contributed by atoms with Crippen molar-refractivity contribution < 1.29 is 23.8 Å². The van der Waals surface area contributed by atoms with E-state index in [1.807, 2.05) is 26.8 Å². The van der Waals surface area contributed by atoms with E-state index in [1.165, 1.54) is 6.07 Å². The predicted molar refractivity (Wildman–Crippen MR) is 118 cm³/mol. The smallest absolute Gasteiger partial charge is 0.337 e. The quantitative estimate of drug-likeness (QED) is 0.507. The molecule has 2 aromatic rings. The SMILES string of the molecule is CCCCOC(C(=O)O)c1c(C)ccc(C2CC2)c1-c1cc(F)c2c(c1C)CCCO2. The topological polar surface area (TPSA) is 55.8 Å². The number of ether oxygens (including phenoxy) is 2. The molecule has 2 aliphatic rings. The molecule has 1 fully saturated rings. The Balaban J connectivity index is 1.94. The molecule has 4 nitrogen and oxygen atoms in total. The number of carboxylic acid groups (broad SMARTS) is 1. The van der Waals surface area contributed by atoms with Crippen LogP contribution in [0.5, 0.6) is 5.75 Å². The minimum atomic E-state index is -1.07. The van der Waals surface area contributed by atoms with Crippen molar-refractivity contribution >= 4 is 5.97 Å². The fourth-order valence-corrected chi connectivity index (χ4v) is 4.65. The lowest BCUT2D eigenvalue weighted by atomic mass is 9.83. The van der Waals surface area contributed by atoms with Gasteiger partial charge in [-0.15, -0.1) is 0 Å². The van der Waals surface area contributed by atoms with Gasteiger partial charge in [-0.1, -0.05) is 25.5 Å². The van der Waals surface area contributed by atoms with Crippen LogP contribution >= 0.6 is 0 Å². The summed E-state index contributed by atoms with van der Waals surface area (Å²) in [7, 11) is 0. The Kier molecular flexibility index (Phi) is 6.33. The van der Waals surface area contributed by atoms with Crippen LogP contribution in [0.15, 0.2) is 18.2 Å². The van der Waals surface area contributed by atoms with E-state index in [9.17, 15) is 9.90 Å². The minimum Gasteiger partial charge on any atom is -0.490 e. The highest BCUT2D eigenvalue weighted by atomic mass is 19.1. The van der Waals surface area contributed by atoms with Crippen LogP contribution in [0.4, 0.5) is 4.39 Å². The van der Waals surface area contributed by atoms with Crippen LogP contribution in [0.3, 0.4) is 0 Å². The Morgan fingerprint density at radius 3 is 2.77 bits per heavy atom. The van der Waals surface area contributed by atoms with Crippen LogP contribution in [0.1, 0.15) is 78.9 Å². The highest BCUT2D eigenvalue weighted by Gasteiger charge is 2.34. The maximum atomic E-state index is 15.1. The molecule has 0 spiro atoms. The molecule has 0 saturated heterocycles. The van der Waals surface area contributed by atoms with Gasteiger partial charge >= 0.3 is 5.97 Å². The van der Waals surface area contributed by atoms with E-state index in [2.05, 4.69) is 6.07 Å². The van der Waals surface area contributed by atoms with Gasteiger partial charge in [0.25, 0.3) is 0 Å². The number of hydrogen-bond acceptors (Lipinski definition) is 3. The van der Waals surface area contributed by atoms with Crippen LogP contribution in [-0.2, 0) is 16.0 Å². The van der Waals surface area contributed by atoms with Gasteiger partial charge < -0.3 is 14.6 Å². The van der Waals surface area contributed by atoms with Crippen LogP contribution < -0.4 is 4.74 Å². The van der Waals surface area contributed by atoms with Gasteiger partial charge in [0, 0.05) is 17.7 Å². The zero-order chi connectivity index (χ0) is 22.1. The van der Waals surface area contributed by atoms with Crippen molar-refractivity contribution in [3.05, 3.63) is 51.8 Å². The molecule has 1 unspecified atom stereocenters. The van der Waals surface area contributed by atoms with E-state index >= 15 is 4.39 Å². The number of rotatable bonds is 8. The number of unbranched alkanes of at least 4 members (excludes halogenated alkanes) is 1. The molecule has 1 aliphatic heterocycles. The molecule has 31 heavy (non-hydrogen) atoms. The summed E-state index contributed by atoms with van der Waals surface area (Å²) < 4.78 is 26.6. The van der Waals surface area contributed by atoms with Gasteiger partial charge in [0.05, 0.1) is 6.61 Å². The predicted octanol–water partition coefficient (Wildman–Crippen LogP) is 6.25. The summed E-state index contributed by atoms with van der Waals surface area (Å²) in [6.45, 7) is 6.87. The van der Waals surface area contributed by atoms with Crippen molar-refractivity contribution in [2.75, 3.05) is 13.2 Å². The summed E-state index contributed by atoms with van der Waals surface area (Å²) in [6, 6.07) is 5.61. The summed E-state index contributed by atoms with van der Waals surface area (Å²) in [5, 5.41) is 10.1. The molecule has 1 heterocycles. The Hall–Kier alpha value is -2.40. The summed E-state index contributed by atoms with van der Waals surface area (Å²) in [4.78, 5) is 12.3. The van der Waals surface area contributed by atoms with Crippen LogP contribution in [0, 0.1) is 19.7 Å². The first-order valence-electron chi connectivity index (χ1n) is 11.4. The number of fused-ring (bicyclic) bond motifs is 1. The van der Waals surface area contributed by atoms with Gasteiger partial charge in [-0.3, -0.25) is 0 Å². The number of carboxylic acids is 1. The zero-order valence-electron chi connectivity index (χ0n) is 18.6. The molecule has 2 aromatic carbocycles. The van der Waals surface area contributed by atoms with Crippen molar-refractivity contribution in [3.8, 4) is 16.9 Å². The van der Waals surface area contributed by atoms with Crippen molar-refractivity contribution in [2.45, 2.75) is 71.3 Å². The second-order valence-corrected chi connectivity index (χ2v) is 8.77. The highest BCUT2D eigenvalue weighted by molar-refractivity contribution is 5.84. The Morgan fingerprint density at radius 2 is 2.10 bits per heavy atom. The van der Waals surface area contributed by atoms with Crippen molar-refractivity contribution in [3.63, 3.8) is 0 Å². The normalized spacial score (nSPS) is 16.5. The van der Waals surface area contributed by atoms with Crippen molar-refractivity contribution in [1.82, 2.24) is 0 Å². The first kappa shape index (κ1) is 21.8. The first-order chi connectivity index (χ1) is 14.9. The number of hydrogen-bond donors (Lipinski definition) is 1. The van der Waals surface area contributed by atoms with Gasteiger partial charge in [0.1, 0.15) is 0 Å². The van der Waals surface area contributed by atoms with Gasteiger partial charge in [-0.2, -0.15) is 0 Å². The summed E-state index contributed by atoms with van der Waals surface area (Å²) in [5.41, 5.74) is 6.11. The van der Waals surface area contributed by atoms with Crippen LogP contribution in [-0.4, -0.2) is 24.3 Å². The van der Waals surface area contributed by atoms with Gasteiger partial charge in [-0.05, 0) is 85.8 Å². The molecule has 0 bridgehead atoms. The van der Waals surface area contributed by atoms with Gasteiger partial charge in [-0.25, -0.2) is 9.18 Å². The second kappa shape index (κ2) is 8.99. The fraction of sp³-hybridized carbons (Fsp3) is 0.500. The molecular weight excluding hydrogens is 395 g/mol. The molecule has 1 aliphatic carbocycles. The highest BCUT2D eigenvalue weighted by Crippen LogP contribution is 2.49. The fourth-order valence-electron chi connectivity index (χ4n) is 4.65. The molecule has 166 valence electrons. The van der Waals surface area contributed by atoms with Crippen LogP contribution in [0.2, 0.25) is 0 Å². The molecular formula is C26H31FO4. The Bertz CT molecular complexity index is 994. The maximum Gasteiger partial charge on any atom is 0.337 e. The molecule has 1 saturated carbocycles. The molecule has 5 heteroatoms. The molecule has 1 N–H and O–H groups in total. The third kappa shape index (κ3) is 4.20. The average molecular weight is 427 g/mol. The number of carbonyl (C=O) groups is 1. The summed E-state index contributed by atoms with van der Waals surface area (Å²) in [5.74, 6) is -0.645. The lowest BCUT2D eigenvalue weighted by Gasteiger charge is -2.27. The number of aryl methyl sites for hydroxylation is 1. The molecule has 0 amide bonds. The number of benzene rings is 2. The summed E-state index contributed by atoms with van der Waals surface area (Å²) in [6.07, 6.45) is 4.40. The third-order valence-electron chi connectivity index (χ3n) is 6.49. The van der Waals surface area contributed by atoms with Crippen molar-refractivity contribution in [2.24, 2.45) is 0 Å². The zero-order valence-corrected chi connectivity index (χ0v) is 18.6. The number of halogens is 1. The van der Waals surface area contributed by atoms with E-state index in [-0.39, 0.29) is 5.82 Å². The maximum absolute atomic E-state index is 15.1. The largest absolute Gasteiger partial charge is 0.490 e. The van der Waals surface area contributed by atoms with E-state index in [0.717, 1.165) is 71.9 Å². The lowest BCUT2D eigenvalue weighted by molar-refractivity contribution is -0.151. The Labute approximate surface area is 183 Å². The molecule has 0 aromatic heterocycles. The first-order valence-corrected chi connectivity index (χ1v) is 11.4. The van der Waals surface area contributed by atoms with E-state index in [1.54, 1.807) is 0 Å². The third-order valence-corrected chi connectivity index (χ3v) is 6.49. The lowest BCUT2D eigenvalue weighted by Crippen LogP contribution is -2.19. The monoisotopic (exact) mass is 426 g/mol.